The number of carbonyl (C=O) groups excluding carboxylic acids is 3. The zero-order valence-corrected chi connectivity index (χ0v) is 17.3. The second-order valence-electron chi connectivity index (χ2n) is 6.45. The van der Waals surface area contributed by atoms with Crippen LogP contribution in [0.25, 0.3) is 0 Å². The molecule has 1 aromatic heterocycles. The molecule has 1 aromatic carbocycles. The molecule has 0 saturated carbocycles. The first-order valence-corrected chi connectivity index (χ1v) is 10.1. The van der Waals surface area contributed by atoms with Gasteiger partial charge in [0.25, 0.3) is 11.8 Å². The van der Waals surface area contributed by atoms with Crippen molar-refractivity contribution in [2.24, 2.45) is 5.73 Å². The van der Waals surface area contributed by atoms with Crippen molar-refractivity contribution in [1.29, 1.82) is 0 Å². The van der Waals surface area contributed by atoms with Crippen molar-refractivity contribution in [1.82, 2.24) is 5.32 Å². The van der Waals surface area contributed by atoms with Gasteiger partial charge in [-0.2, -0.15) is 0 Å². The molecule has 10 heteroatoms. The molecule has 0 radical (unpaired) electrons. The van der Waals surface area contributed by atoms with E-state index in [1.807, 2.05) is 6.92 Å². The van der Waals surface area contributed by atoms with Crippen LogP contribution in [0.1, 0.15) is 15.2 Å². The molecule has 0 spiro atoms. The zero-order chi connectivity index (χ0) is 21.0. The number of hydrogen-bond donors (Lipinski definition) is 3. The number of carbonyl (C=O) groups is 3. The van der Waals surface area contributed by atoms with Crippen molar-refractivity contribution in [3.8, 4) is 0 Å². The molecule has 3 rings (SSSR count). The molecule has 29 heavy (non-hydrogen) atoms. The third kappa shape index (κ3) is 5.13. The summed E-state index contributed by atoms with van der Waals surface area (Å²) in [6, 6.07) is 7.55. The number of nitrogens with zero attached hydrogens (tertiary/aromatic N) is 1. The first-order valence-electron chi connectivity index (χ1n) is 8.95. The molecule has 154 valence electrons. The first-order chi connectivity index (χ1) is 13.9. The van der Waals surface area contributed by atoms with E-state index in [0.717, 1.165) is 22.6 Å². The minimum Gasteiger partial charge on any atom is -0.370 e. The number of nitrogens with one attached hydrogen (secondary N) is 2. The molecule has 3 amide bonds. The molecule has 1 aliphatic heterocycles. The molecule has 8 nitrogen and oxygen atoms in total. The van der Waals surface area contributed by atoms with Crippen LogP contribution >= 0.6 is 22.9 Å². The van der Waals surface area contributed by atoms with E-state index in [9.17, 15) is 14.4 Å². The Labute approximate surface area is 177 Å². The van der Waals surface area contributed by atoms with Crippen LogP contribution in [-0.2, 0) is 14.3 Å². The Balaban J connectivity index is 1.66. The van der Waals surface area contributed by atoms with Crippen LogP contribution in [0.4, 0.5) is 11.4 Å². The largest absolute Gasteiger partial charge is 0.370 e. The number of amides is 3. The third-order valence-corrected chi connectivity index (χ3v) is 5.63. The lowest BCUT2D eigenvalue weighted by atomic mass is 10.1. The van der Waals surface area contributed by atoms with Gasteiger partial charge < -0.3 is 26.0 Å². The zero-order valence-electron chi connectivity index (χ0n) is 15.7. The van der Waals surface area contributed by atoms with Crippen molar-refractivity contribution < 1.29 is 19.1 Å². The summed E-state index contributed by atoms with van der Waals surface area (Å²) in [5.74, 6) is -0.946. The first kappa shape index (κ1) is 21.3. The molecule has 1 aliphatic rings. The number of thiophene rings is 1. The highest BCUT2D eigenvalue weighted by molar-refractivity contribution is 7.18. The SMILES string of the molecule is Cc1cc(NC(=O)C(CN)NC(=O)c2ccc(Cl)s2)ccc1N1CCOCC1=O. The molecular formula is C19H21ClN4O4S. The van der Waals surface area contributed by atoms with E-state index in [0.29, 0.717) is 28.1 Å². The molecule has 1 fully saturated rings. The van der Waals surface area contributed by atoms with Crippen LogP contribution in [0.2, 0.25) is 4.34 Å². The predicted molar refractivity (Wildman–Crippen MR) is 113 cm³/mol. The second-order valence-corrected chi connectivity index (χ2v) is 8.17. The number of rotatable bonds is 6. The highest BCUT2D eigenvalue weighted by Crippen LogP contribution is 2.25. The summed E-state index contributed by atoms with van der Waals surface area (Å²) in [4.78, 5) is 38.9. The van der Waals surface area contributed by atoms with Gasteiger partial charge in [0.2, 0.25) is 5.91 Å². The Bertz CT molecular complexity index is 933. The Morgan fingerprint density at radius 1 is 1.34 bits per heavy atom. The van der Waals surface area contributed by atoms with Crippen molar-refractivity contribution in [3.63, 3.8) is 0 Å². The van der Waals surface area contributed by atoms with E-state index in [2.05, 4.69) is 10.6 Å². The van der Waals surface area contributed by atoms with E-state index < -0.39 is 17.9 Å². The maximum Gasteiger partial charge on any atom is 0.262 e. The summed E-state index contributed by atoms with van der Waals surface area (Å²) in [5, 5.41) is 5.36. The van der Waals surface area contributed by atoms with Crippen LogP contribution in [-0.4, -0.2) is 50.1 Å². The normalized spacial score (nSPS) is 15.1. The lowest BCUT2D eigenvalue weighted by molar-refractivity contribution is -0.125. The number of anilines is 2. The highest BCUT2D eigenvalue weighted by Gasteiger charge is 2.23. The standard InChI is InChI=1S/C19H21ClN4O4S/c1-11-8-12(2-3-14(11)24-6-7-28-10-17(24)25)22-18(26)13(9-21)23-19(27)15-4-5-16(20)29-15/h2-5,8,13H,6-7,9-10,21H2,1H3,(H,22,26)(H,23,27). The number of ether oxygens (including phenoxy) is 1. The van der Waals surface area contributed by atoms with Gasteiger partial charge in [-0.3, -0.25) is 14.4 Å². The second kappa shape index (κ2) is 9.36. The number of benzene rings is 1. The van der Waals surface area contributed by atoms with Gasteiger partial charge in [-0.25, -0.2) is 0 Å². The maximum atomic E-state index is 12.6. The minimum atomic E-state index is -0.899. The Morgan fingerprint density at radius 2 is 2.14 bits per heavy atom. The van der Waals surface area contributed by atoms with Gasteiger partial charge in [0.05, 0.1) is 15.8 Å². The predicted octanol–water partition coefficient (Wildman–Crippen LogP) is 1.77. The number of nitrogens with two attached hydrogens (primary N) is 1. The van der Waals surface area contributed by atoms with E-state index >= 15 is 0 Å². The van der Waals surface area contributed by atoms with E-state index in [1.54, 1.807) is 35.2 Å². The number of morpholine rings is 1. The Kier molecular flexibility index (Phi) is 6.86. The van der Waals surface area contributed by atoms with Gasteiger partial charge >= 0.3 is 0 Å². The monoisotopic (exact) mass is 436 g/mol. The van der Waals surface area contributed by atoms with Gasteiger partial charge in [0, 0.05) is 24.5 Å². The van der Waals surface area contributed by atoms with Crippen molar-refractivity contribution >= 4 is 52.0 Å². The van der Waals surface area contributed by atoms with Crippen LogP contribution < -0.4 is 21.3 Å². The molecule has 0 bridgehead atoms. The van der Waals surface area contributed by atoms with Gasteiger partial charge in [0.1, 0.15) is 12.6 Å². The van der Waals surface area contributed by atoms with E-state index in [1.165, 1.54) is 0 Å². The van der Waals surface area contributed by atoms with E-state index in [4.69, 9.17) is 22.1 Å². The average molecular weight is 437 g/mol. The van der Waals surface area contributed by atoms with Gasteiger partial charge in [-0.1, -0.05) is 11.6 Å². The Hall–Kier alpha value is -2.46. The lowest BCUT2D eigenvalue weighted by Crippen LogP contribution is -2.48. The fourth-order valence-corrected chi connectivity index (χ4v) is 3.88. The molecule has 1 saturated heterocycles. The molecule has 1 unspecified atom stereocenters. The fraction of sp³-hybridized carbons (Fsp3) is 0.316. The van der Waals surface area contributed by atoms with Crippen molar-refractivity contribution in [2.45, 2.75) is 13.0 Å². The number of aryl methyl sites for hydroxylation is 1. The smallest absolute Gasteiger partial charge is 0.262 e. The summed E-state index contributed by atoms with van der Waals surface area (Å²) < 4.78 is 5.64. The van der Waals surface area contributed by atoms with Crippen LogP contribution in [0.5, 0.6) is 0 Å². The summed E-state index contributed by atoms with van der Waals surface area (Å²) in [6.07, 6.45) is 0. The molecule has 2 heterocycles. The quantitative estimate of drug-likeness (QED) is 0.638. The van der Waals surface area contributed by atoms with Crippen molar-refractivity contribution in [3.05, 3.63) is 45.1 Å². The number of halogens is 1. The summed E-state index contributed by atoms with van der Waals surface area (Å²) in [6.45, 7) is 2.83. The summed E-state index contributed by atoms with van der Waals surface area (Å²) >= 11 is 6.96. The van der Waals surface area contributed by atoms with Crippen LogP contribution in [0.3, 0.4) is 0 Å². The van der Waals surface area contributed by atoms with Gasteiger partial charge in [-0.05, 0) is 42.8 Å². The molecule has 2 aromatic rings. The fourth-order valence-electron chi connectivity index (χ4n) is 2.94. The number of hydrogen-bond acceptors (Lipinski definition) is 6. The molecule has 4 N–H and O–H groups in total. The van der Waals surface area contributed by atoms with Crippen LogP contribution in [0, 0.1) is 6.92 Å². The summed E-state index contributed by atoms with van der Waals surface area (Å²) in [5.41, 5.74) is 7.82. The summed E-state index contributed by atoms with van der Waals surface area (Å²) in [7, 11) is 0. The van der Waals surface area contributed by atoms with Crippen LogP contribution in [0.15, 0.2) is 30.3 Å². The third-order valence-electron chi connectivity index (χ3n) is 4.40. The van der Waals surface area contributed by atoms with E-state index in [-0.39, 0.29) is 19.1 Å². The van der Waals surface area contributed by atoms with Gasteiger partial charge in [-0.15, -0.1) is 11.3 Å². The maximum absolute atomic E-state index is 12.6. The minimum absolute atomic E-state index is 0.0595. The lowest BCUT2D eigenvalue weighted by Gasteiger charge is -2.28. The molecule has 0 aliphatic carbocycles. The average Bonchev–Trinajstić information content (AvgIpc) is 3.13. The topological polar surface area (TPSA) is 114 Å². The highest BCUT2D eigenvalue weighted by atomic mass is 35.5. The molecule has 1 atom stereocenters. The molecular weight excluding hydrogens is 416 g/mol. The van der Waals surface area contributed by atoms with Gasteiger partial charge in [0.15, 0.2) is 0 Å². The Morgan fingerprint density at radius 3 is 2.76 bits per heavy atom. The van der Waals surface area contributed by atoms with Crippen molar-refractivity contribution in [2.75, 3.05) is 36.5 Å².